The lowest BCUT2D eigenvalue weighted by atomic mass is 10.2. The van der Waals surface area contributed by atoms with Crippen molar-refractivity contribution in [2.45, 2.75) is 6.92 Å². The molecule has 0 atom stereocenters. The number of hydrogen-bond donors (Lipinski definition) is 0. The van der Waals surface area contributed by atoms with Gasteiger partial charge in [0.1, 0.15) is 5.75 Å². The monoisotopic (exact) mass is 453 g/mol. The van der Waals surface area contributed by atoms with Crippen molar-refractivity contribution in [1.82, 2.24) is 0 Å². The molecule has 1 aliphatic heterocycles. The lowest BCUT2D eigenvalue weighted by molar-refractivity contribution is -0.113. The minimum Gasteiger partial charge on any atom is -0.494 e. The predicted octanol–water partition coefficient (Wildman–Crippen LogP) is 5.91. The quantitative estimate of drug-likeness (QED) is 0.424. The Balaban J connectivity index is 1.86. The van der Waals surface area contributed by atoms with Gasteiger partial charge in [-0.3, -0.25) is 9.69 Å². The first kappa shape index (κ1) is 18.5. The normalized spacial score (nSPS) is 16.0. The standard InChI is InChI=1S/C18H13BrClNO2S2/c1-2-23-13-6-3-11(4-7-13)9-16-17(22)21(18(24)25-16)12-5-8-14(19)15(20)10-12/h3-10H,2H2,1H3/b16-9+. The van der Waals surface area contributed by atoms with Crippen molar-refractivity contribution in [3.63, 3.8) is 0 Å². The number of carbonyl (C=O) groups is 1. The van der Waals surface area contributed by atoms with Crippen LogP contribution in [0.1, 0.15) is 12.5 Å². The van der Waals surface area contributed by atoms with E-state index in [9.17, 15) is 4.79 Å². The number of amides is 1. The molecular weight excluding hydrogens is 442 g/mol. The highest BCUT2D eigenvalue weighted by molar-refractivity contribution is 9.10. The van der Waals surface area contributed by atoms with Gasteiger partial charge >= 0.3 is 0 Å². The third-order valence-electron chi connectivity index (χ3n) is 3.44. The lowest BCUT2D eigenvalue weighted by Crippen LogP contribution is -2.27. The molecule has 1 fully saturated rings. The molecule has 0 unspecified atom stereocenters. The van der Waals surface area contributed by atoms with Gasteiger partial charge in [0.25, 0.3) is 5.91 Å². The summed E-state index contributed by atoms with van der Waals surface area (Å²) in [5, 5.41) is 0.530. The van der Waals surface area contributed by atoms with Crippen LogP contribution in [0.3, 0.4) is 0 Å². The van der Waals surface area contributed by atoms with Crippen LogP contribution in [0.4, 0.5) is 5.69 Å². The molecule has 0 aliphatic carbocycles. The van der Waals surface area contributed by atoms with Crippen LogP contribution in [0.5, 0.6) is 5.75 Å². The number of anilines is 1. The minimum absolute atomic E-state index is 0.151. The molecule has 0 N–H and O–H groups in total. The number of benzene rings is 2. The summed E-state index contributed by atoms with van der Waals surface area (Å²) >= 11 is 16.1. The maximum absolute atomic E-state index is 12.8. The highest BCUT2D eigenvalue weighted by Gasteiger charge is 2.33. The Morgan fingerprint density at radius 3 is 2.64 bits per heavy atom. The topological polar surface area (TPSA) is 29.5 Å². The number of carbonyl (C=O) groups excluding carboxylic acids is 1. The predicted molar refractivity (Wildman–Crippen MR) is 112 cm³/mol. The van der Waals surface area contributed by atoms with Gasteiger partial charge in [-0.15, -0.1) is 0 Å². The number of nitrogens with zero attached hydrogens (tertiary/aromatic N) is 1. The van der Waals surface area contributed by atoms with E-state index < -0.39 is 0 Å². The van der Waals surface area contributed by atoms with Gasteiger partial charge in [-0.25, -0.2) is 0 Å². The Labute approximate surface area is 169 Å². The van der Waals surface area contributed by atoms with Crippen LogP contribution in [0.15, 0.2) is 51.8 Å². The Hall–Kier alpha value is -1.34. The first-order chi connectivity index (χ1) is 12.0. The summed E-state index contributed by atoms with van der Waals surface area (Å²) in [5.41, 5.74) is 1.57. The third kappa shape index (κ3) is 4.08. The highest BCUT2D eigenvalue weighted by Crippen LogP contribution is 2.38. The smallest absolute Gasteiger partial charge is 0.270 e. The van der Waals surface area contributed by atoms with Gasteiger partial charge in [0.2, 0.25) is 0 Å². The molecule has 128 valence electrons. The highest BCUT2D eigenvalue weighted by atomic mass is 79.9. The first-order valence-electron chi connectivity index (χ1n) is 7.45. The number of hydrogen-bond acceptors (Lipinski definition) is 4. The number of thioether (sulfide) groups is 1. The maximum Gasteiger partial charge on any atom is 0.270 e. The van der Waals surface area contributed by atoms with E-state index in [4.69, 9.17) is 28.6 Å². The SMILES string of the molecule is CCOc1ccc(/C=C2/SC(=S)N(c3ccc(Br)c(Cl)c3)C2=O)cc1. The van der Waals surface area contributed by atoms with E-state index in [0.717, 1.165) is 15.8 Å². The van der Waals surface area contributed by atoms with Crippen molar-refractivity contribution in [3.8, 4) is 5.75 Å². The fourth-order valence-electron chi connectivity index (χ4n) is 2.29. The average molecular weight is 455 g/mol. The lowest BCUT2D eigenvalue weighted by Gasteiger charge is -2.15. The molecule has 1 saturated heterocycles. The first-order valence-corrected chi connectivity index (χ1v) is 9.85. The molecular formula is C18H13BrClNO2S2. The van der Waals surface area contributed by atoms with Gasteiger partial charge < -0.3 is 4.74 Å². The summed E-state index contributed by atoms with van der Waals surface area (Å²) in [4.78, 5) is 14.8. The van der Waals surface area contributed by atoms with Crippen LogP contribution in [-0.4, -0.2) is 16.8 Å². The molecule has 0 aromatic heterocycles. The number of ether oxygens (including phenoxy) is 1. The van der Waals surface area contributed by atoms with Crippen molar-refractivity contribution in [2.24, 2.45) is 0 Å². The zero-order valence-electron chi connectivity index (χ0n) is 13.2. The number of halogens is 2. The van der Waals surface area contributed by atoms with E-state index in [0.29, 0.717) is 26.5 Å². The molecule has 1 aliphatic rings. The van der Waals surface area contributed by atoms with Crippen LogP contribution in [-0.2, 0) is 4.79 Å². The van der Waals surface area contributed by atoms with Gasteiger partial charge in [0.05, 0.1) is 22.2 Å². The summed E-state index contributed by atoms with van der Waals surface area (Å²) in [6.07, 6.45) is 1.83. The zero-order chi connectivity index (χ0) is 18.0. The van der Waals surface area contributed by atoms with Gasteiger partial charge in [-0.1, -0.05) is 47.7 Å². The summed E-state index contributed by atoms with van der Waals surface area (Å²) < 4.78 is 6.68. The third-order valence-corrected chi connectivity index (χ3v) is 5.98. The summed E-state index contributed by atoms with van der Waals surface area (Å²) in [5.74, 6) is 0.652. The van der Waals surface area contributed by atoms with Crippen LogP contribution < -0.4 is 9.64 Å². The summed E-state index contributed by atoms with van der Waals surface area (Å²) in [6, 6.07) is 12.9. The van der Waals surface area contributed by atoms with Crippen LogP contribution in [0.25, 0.3) is 6.08 Å². The Bertz CT molecular complexity index is 868. The Kier molecular flexibility index (Phi) is 5.84. The number of rotatable bonds is 4. The Morgan fingerprint density at radius 2 is 2.00 bits per heavy atom. The largest absolute Gasteiger partial charge is 0.494 e. The fourth-order valence-corrected chi connectivity index (χ4v) is 4.01. The molecule has 25 heavy (non-hydrogen) atoms. The molecule has 2 aromatic carbocycles. The summed E-state index contributed by atoms with van der Waals surface area (Å²) in [7, 11) is 0. The number of thiocarbonyl (C=S) groups is 1. The molecule has 7 heteroatoms. The molecule has 0 spiro atoms. The van der Waals surface area contributed by atoms with E-state index in [1.807, 2.05) is 37.3 Å². The molecule has 3 nitrogen and oxygen atoms in total. The summed E-state index contributed by atoms with van der Waals surface area (Å²) in [6.45, 7) is 2.56. The van der Waals surface area contributed by atoms with Gasteiger partial charge in [0, 0.05) is 4.47 Å². The second-order valence-corrected chi connectivity index (χ2v) is 8.05. The van der Waals surface area contributed by atoms with Crippen LogP contribution in [0.2, 0.25) is 5.02 Å². The molecule has 1 amide bonds. The van der Waals surface area contributed by atoms with Crippen LogP contribution in [0, 0.1) is 0 Å². The van der Waals surface area contributed by atoms with E-state index in [1.54, 1.807) is 18.2 Å². The second kappa shape index (κ2) is 7.91. The average Bonchev–Trinajstić information content (AvgIpc) is 2.86. The minimum atomic E-state index is -0.151. The van der Waals surface area contributed by atoms with E-state index >= 15 is 0 Å². The fraction of sp³-hybridized carbons (Fsp3) is 0.111. The second-order valence-electron chi connectivity index (χ2n) is 5.12. The van der Waals surface area contributed by atoms with E-state index in [1.165, 1.54) is 16.7 Å². The van der Waals surface area contributed by atoms with E-state index in [2.05, 4.69) is 15.9 Å². The van der Waals surface area contributed by atoms with Crippen molar-refractivity contribution >= 4 is 73.5 Å². The van der Waals surface area contributed by atoms with Gasteiger partial charge in [-0.2, -0.15) is 0 Å². The molecule has 3 rings (SSSR count). The zero-order valence-corrected chi connectivity index (χ0v) is 17.1. The van der Waals surface area contributed by atoms with Gasteiger partial charge in [-0.05, 0) is 64.8 Å². The van der Waals surface area contributed by atoms with Crippen molar-refractivity contribution in [2.75, 3.05) is 11.5 Å². The van der Waals surface area contributed by atoms with E-state index in [-0.39, 0.29) is 5.91 Å². The molecule has 0 saturated carbocycles. The molecule has 0 radical (unpaired) electrons. The molecule has 1 heterocycles. The van der Waals surface area contributed by atoms with Crippen LogP contribution >= 0.6 is 51.5 Å². The van der Waals surface area contributed by atoms with Crippen molar-refractivity contribution in [1.29, 1.82) is 0 Å². The van der Waals surface area contributed by atoms with Crippen molar-refractivity contribution in [3.05, 3.63) is 62.4 Å². The molecule has 0 bridgehead atoms. The van der Waals surface area contributed by atoms with Gasteiger partial charge in [0.15, 0.2) is 4.32 Å². The maximum atomic E-state index is 12.8. The Morgan fingerprint density at radius 1 is 1.28 bits per heavy atom. The molecule has 2 aromatic rings. The van der Waals surface area contributed by atoms with Crippen molar-refractivity contribution < 1.29 is 9.53 Å².